The Labute approximate surface area is 215 Å². The molecule has 1 aliphatic heterocycles. The molecule has 5 aliphatic rings. The summed E-state index contributed by atoms with van der Waals surface area (Å²) in [6.07, 6.45) is 9.67. The predicted octanol–water partition coefficient (Wildman–Crippen LogP) is 3.46. The zero-order valence-electron chi connectivity index (χ0n) is 22.6. The van der Waals surface area contributed by atoms with Gasteiger partial charge in [-0.25, -0.2) is 4.68 Å². The van der Waals surface area contributed by atoms with Crippen molar-refractivity contribution in [3.05, 3.63) is 11.8 Å². The van der Waals surface area contributed by atoms with E-state index in [-0.39, 0.29) is 17.4 Å². The van der Waals surface area contributed by atoms with Gasteiger partial charge in [0.05, 0.1) is 12.8 Å². The number of ether oxygens (including phenoxy) is 1. The zero-order valence-corrected chi connectivity index (χ0v) is 22.6. The SMILES string of the molecule is CC(C)COc1c(C(=O)NC23CC4CC(CC(C4)C2)C3)cnn1CCC(C)(C)C(=O)N1CCNCC1. The summed E-state index contributed by atoms with van der Waals surface area (Å²) >= 11 is 0. The van der Waals surface area contributed by atoms with Gasteiger partial charge in [-0.3, -0.25) is 9.59 Å². The third-order valence-corrected chi connectivity index (χ3v) is 8.94. The van der Waals surface area contributed by atoms with Crippen LogP contribution in [0.5, 0.6) is 5.88 Å². The van der Waals surface area contributed by atoms with E-state index >= 15 is 0 Å². The van der Waals surface area contributed by atoms with Gasteiger partial charge in [-0.1, -0.05) is 27.7 Å². The lowest BCUT2D eigenvalue weighted by atomic mass is 9.53. The van der Waals surface area contributed by atoms with Gasteiger partial charge in [0, 0.05) is 43.7 Å². The lowest BCUT2D eigenvalue weighted by Gasteiger charge is -2.56. The normalized spacial score (nSPS) is 29.6. The quantitative estimate of drug-likeness (QED) is 0.543. The molecule has 4 saturated carbocycles. The van der Waals surface area contributed by atoms with E-state index in [4.69, 9.17) is 4.74 Å². The summed E-state index contributed by atoms with van der Waals surface area (Å²) < 4.78 is 7.99. The Morgan fingerprint density at radius 1 is 1.14 bits per heavy atom. The number of nitrogens with zero attached hydrogens (tertiary/aromatic N) is 3. The molecule has 1 aromatic rings. The number of aryl methyl sites for hydroxylation is 1. The van der Waals surface area contributed by atoms with Crippen molar-refractivity contribution in [2.45, 2.75) is 84.7 Å². The molecule has 6 rings (SSSR count). The Hall–Kier alpha value is -2.09. The third-order valence-electron chi connectivity index (χ3n) is 8.94. The standard InChI is InChI=1S/C28H45N5O3/c1-19(2)18-36-25-23(24(34)31-28-14-20-11-21(15-28)13-22(12-20)16-28)17-30-33(25)8-5-27(3,4)26(35)32-9-6-29-7-10-32/h17,19-22,29H,5-16,18H2,1-4H3,(H,31,34). The highest BCUT2D eigenvalue weighted by molar-refractivity contribution is 5.96. The molecule has 36 heavy (non-hydrogen) atoms. The molecule has 4 aliphatic carbocycles. The van der Waals surface area contributed by atoms with Gasteiger partial charge in [0.2, 0.25) is 11.8 Å². The van der Waals surface area contributed by atoms with Crippen molar-refractivity contribution in [3.63, 3.8) is 0 Å². The largest absolute Gasteiger partial charge is 0.477 e. The summed E-state index contributed by atoms with van der Waals surface area (Å²) in [5.74, 6) is 3.30. The molecular weight excluding hydrogens is 454 g/mol. The number of hydrogen-bond acceptors (Lipinski definition) is 5. The summed E-state index contributed by atoms with van der Waals surface area (Å²) in [4.78, 5) is 28.8. The first-order valence-corrected chi connectivity index (χ1v) is 14.2. The van der Waals surface area contributed by atoms with Crippen molar-refractivity contribution in [2.75, 3.05) is 32.8 Å². The van der Waals surface area contributed by atoms with Crippen LogP contribution >= 0.6 is 0 Å². The maximum atomic E-state index is 13.6. The number of hydrogen-bond donors (Lipinski definition) is 2. The van der Waals surface area contributed by atoms with E-state index in [0.29, 0.717) is 36.9 Å². The number of piperazine rings is 1. The fourth-order valence-corrected chi connectivity index (χ4v) is 7.45. The van der Waals surface area contributed by atoms with E-state index in [0.717, 1.165) is 63.2 Å². The maximum Gasteiger partial charge on any atom is 0.258 e. The van der Waals surface area contributed by atoms with Crippen molar-refractivity contribution in [1.29, 1.82) is 0 Å². The molecule has 0 atom stereocenters. The molecule has 2 heterocycles. The summed E-state index contributed by atoms with van der Waals surface area (Å²) in [6, 6.07) is 0. The minimum Gasteiger partial charge on any atom is -0.477 e. The maximum absolute atomic E-state index is 13.6. The van der Waals surface area contributed by atoms with Crippen LogP contribution in [0.15, 0.2) is 6.20 Å². The van der Waals surface area contributed by atoms with Crippen molar-refractivity contribution in [1.82, 2.24) is 25.3 Å². The zero-order chi connectivity index (χ0) is 25.5. The van der Waals surface area contributed by atoms with Crippen LogP contribution in [-0.4, -0.2) is 64.8 Å². The second kappa shape index (κ2) is 9.99. The molecule has 4 bridgehead atoms. The Kier molecular flexibility index (Phi) is 7.09. The summed E-state index contributed by atoms with van der Waals surface area (Å²) in [5, 5.41) is 11.4. The summed E-state index contributed by atoms with van der Waals surface area (Å²) in [6.45, 7) is 12.5. The van der Waals surface area contributed by atoms with E-state index in [1.165, 1.54) is 19.3 Å². The number of carbonyl (C=O) groups is 2. The van der Waals surface area contributed by atoms with Gasteiger partial charge in [-0.2, -0.15) is 5.10 Å². The van der Waals surface area contributed by atoms with Crippen LogP contribution in [0.4, 0.5) is 0 Å². The number of nitrogens with one attached hydrogen (secondary N) is 2. The predicted molar refractivity (Wildman–Crippen MR) is 139 cm³/mol. The highest BCUT2D eigenvalue weighted by atomic mass is 16.5. The Morgan fingerprint density at radius 3 is 2.33 bits per heavy atom. The second-order valence-corrected chi connectivity index (χ2v) is 13.1. The highest BCUT2D eigenvalue weighted by Crippen LogP contribution is 2.55. The molecule has 8 nitrogen and oxygen atoms in total. The molecular formula is C28H45N5O3. The molecule has 200 valence electrons. The van der Waals surface area contributed by atoms with Gasteiger partial charge >= 0.3 is 0 Å². The van der Waals surface area contributed by atoms with Crippen LogP contribution in [-0.2, 0) is 11.3 Å². The van der Waals surface area contributed by atoms with E-state index < -0.39 is 5.41 Å². The number of aromatic nitrogens is 2. The van der Waals surface area contributed by atoms with Crippen LogP contribution < -0.4 is 15.4 Å². The third kappa shape index (κ3) is 5.29. The average molecular weight is 500 g/mol. The number of amides is 2. The molecule has 0 unspecified atom stereocenters. The van der Waals surface area contributed by atoms with Gasteiger partial charge in [0.25, 0.3) is 5.91 Å². The summed E-state index contributed by atoms with van der Waals surface area (Å²) in [5.41, 5.74) is -0.0427. The van der Waals surface area contributed by atoms with Crippen LogP contribution in [0, 0.1) is 29.1 Å². The van der Waals surface area contributed by atoms with Crippen molar-refractivity contribution >= 4 is 11.8 Å². The molecule has 1 aromatic heterocycles. The minimum atomic E-state index is -0.514. The van der Waals surface area contributed by atoms with E-state index in [2.05, 4.69) is 29.6 Å². The Bertz CT molecular complexity index is 927. The molecule has 0 spiro atoms. The molecule has 1 saturated heterocycles. The smallest absolute Gasteiger partial charge is 0.258 e. The molecule has 0 aromatic carbocycles. The van der Waals surface area contributed by atoms with Crippen LogP contribution in [0.1, 0.15) is 83.0 Å². The molecule has 5 fully saturated rings. The lowest BCUT2D eigenvalue weighted by molar-refractivity contribution is -0.141. The minimum absolute atomic E-state index is 0.0546. The van der Waals surface area contributed by atoms with E-state index in [1.54, 1.807) is 10.9 Å². The lowest BCUT2D eigenvalue weighted by Crippen LogP contribution is -2.59. The monoisotopic (exact) mass is 499 g/mol. The average Bonchev–Trinajstić information content (AvgIpc) is 3.23. The van der Waals surface area contributed by atoms with Gasteiger partial charge in [-0.05, 0) is 68.6 Å². The molecule has 2 N–H and O–H groups in total. The summed E-state index contributed by atoms with van der Waals surface area (Å²) in [7, 11) is 0. The molecule has 0 radical (unpaired) electrons. The fraction of sp³-hybridized carbons (Fsp3) is 0.821. The Morgan fingerprint density at radius 2 is 1.75 bits per heavy atom. The van der Waals surface area contributed by atoms with Crippen molar-refractivity contribution in [3.8, 4) is 5.88 Å². The van der Waals surface area contributed by atoms with Gasteiger partial charge in [0.15, 0.2) is 0 Å². The van der Waals surface area contributed by atoms with Crippen LogP contribution in [0.25, 0.3) is 0 Å². The fourth-order valence-electron chi connectivity index (χ4n) is 7.45. The number of carbonyl (C=O) groups excluding carboxylic acids is 2. The van der Waals surface area contributed by atoms with Crippen molar-refractivity contribution in [2.24, 2.45) is 29.1 Å². The molecule has 2 amide bonds. The van der Waals surface area contributed by atoms with Crippen molar-refractivity contribution < 1.29 is 14.3 Å². The Balaban J connectivity index is 1.29. The second-order valence-electron chi connectivity index (χ2n) is 13.1. The molecule has 8 heteroatoms. The topological polar surface area (TPSA) is 88.5 Å². The van der Waals surface area contributed by atoms with E-state index in [1.807, 2.05) is 18.7 Å². The number of rotatable bonds is 9. The van der Waals surface area contributed by atoms with Gasteiger partial charge in [0.1, 0.15) is 5.56 Å². The first-order chi connectivity index (χ1) is 17.1. The van der Waals surface area contributed by atoms with E-state index in [9.17, 15) is 9.59 Å². The van der Waals surface area contributed by atoms with Gasteiger partial charge < -0.3 is 20.3 Å². The first-order valence-electron chi connectivity index (χ1n) is 14.2. The van der Waals surface area contributed by atoms with Gasteiger partial charge in [-0.15, -0.1) is 0 Å². The highest BCUT2D eigenvalue weighted by Gasteiger charge is 2.51. The van der Waals surface area contributed by atoms with Crippen LogP contribution in [0.3, 0.4) is 0 Å². The first kappa shape index (κ1) is 25.6. The van der Waals surface area contributed by atoms with Crippen LogP contribution in [0.2, 0.25) is 0 Å².